The van der Waals surface area contributed by atoms with Crippen LogP contribution >= 0.6 is 0 Å². The Morgan fingerprint density at radius 1 is 1.36 bits per heavy atom. The van der Waals surface area contributed by atoms with Crippen molar-refractivity contribution in [2.24, 2.45) is 0 Å². The number of hydrogen-bond donors (Lipinski definition) is 1. The van der Waals surface area contributed by atoms with Crippen LogP contribution in [0.15, 0.2) is 36.7 Å². The maximum Gasteiger partial charge on any atom is 0.341 e. The minimum absolute atomic E-state index is 0.117. The number of hydrogen-bond acceptors (Lipinski definition) is 6. The van der Waals surface area contributed by atoms with Crippen molar-refractivity contribution in [1.82, 2.24) is 14.9 Å². The summed E-state index contributed by atoms with van der Waals surface area (Å²) in [6, 6.07) is 7.51. The maximum atomic E-state index is 10.7. The number of carboxylic acid groups (broad SMARTS) is 1. The van der Waals surface area contributed by atoms with Gasteiger partial charge in [0.2, 0.25) is 0 Å². The Kier molecular flexibility index (Phi) is 5.57. The fraction of sp³-hybridized carbons (Fsp3) is 0.389. The molecule has 0 bridgehead atoms. The van der Waals surface area contributed by atoms with Crippen LogP contribution in [0.3, 0.4) is 0 Å². The Morgan fingerprint density at radius 3 is 2.96 bits per heavy atom. The van der Waals surface area contributed by atoms with Crippen LogP contribution in [0.25, 0.3) is 0 Å². The number of rotatable bonds is 6. The van der Waals surface area contributed by atoms with Crippen LogP contribution in [0, 0.1) is 6.92 Å². The van der Waals surface area contributed by atoms with Crippen molar-refractivity contribution in [1.29, 1.82) is 0 Å². The van der Waals surface area contributed by atoms with E-state index < -0.39 is 5.97 Å². The molecule has 0 aliphatic carbocycles. The van der Waals surface area contributed by atoms with E-state index in [0.29, 0.717) is 25.4 Å². The Morgan fingerprint density at radius 2 is 2.20 bits per heavy atom. The number of ether oxygens (including phenoxy) is 2. The SMILES string of the molecule is Cc1cnc([C@H]2CN(Cc3ccccc3OCC(=O)O)CCO2)cn1. The number of aliphatic carboxylic acids is 1. The predicted molar refractivity (Wildman–Crippen MR) is 90.3 cm³/mol. The average molecular weight is 343 g/mol. The number of para-hydroxylation sites is 1. The predicted octanol–water partition coefficient (Wildman–Crippen LogP) is 1.82. The number of morpholine rings is 1. The Balaban J connectivity index is 1.66. The molecular formula is C18H21N3O4. The number of carbonyl (C=O) groups is 1. The van der Waals surface area contributed by atoms with Crippen molar-refractivity contribution in [2.75, 3.05) is 26.3 Å². The second-order valence-corrected chi connectivity index (χ2v) is 5.97. The lowest BCUT2D eigenvalue weighted by molar-refractivity contribution is -0.139. The number of aromatic nitrogens is 2. The molecule has 2 aromatic rings. The van der Waals surface area contributed by atoms with Gasteiger partial charge in [0.15, 0.2) is 6.61 Å². The molecule has 1 aliphatic rings. The van der Waals surface area contributed by atoms with Gasteiger partial charge in [-0.3, -0.25) is 14.9 Å². The van der Waals surface area contributed by atoms with E-state index in [1.165, 1.54) is 0 Å². The summed E-state index contributed by atoms with van der Waals surface area (Å²) in [7, 11) is 0. The summed E-state index contributed by atoms with van der Waals surface area (Å²) in [5.41, 5.74) is 2.66. The minimum atomic E-state index is -0.987. The lowest BCUT2D eigenvalue weighted by Crippen LogP contribution is -2.38. The van der Waals surface area contributed by atoms with Gasteiger partial charge >= 0.3 is 5.97 Å². The third-order valence-electron chi connectivity index (χ3n) is 4.00. The summed E-state index contributed by atoms with van der Waals surface area (Å²) in [6.45, 7) is 4.32. The van der Waals surface area contributed by atoms with E-state index in [1.807, 2.05) is 25.1 Å². The van der Waals surface area contributed by atoms with E-state index in [1.54, 1.807) is 18.5 Å². The van der Waals surface area contributed by atoms with E-state index in [-0.39, 0.29) is 12.7 Å². The zero-order valence-corrected chi connectivity index (χ0v) is 14.1. The molecule has 7 nitrogen and oxygen atoms in total. The van der Waals surface area contributed by atoms with Gasteiger partial charge in [-0.15, -0.1) is 0 Å². The van der Waals surface area contributed by atoms with Crippen molar-refractivity contribution in [3.8, 4) is 5.75 Å². The number of aryl methyl sites for hydroxylation is 1. The van der Waals surface area contributed by atoms with E-state index in [2.05, 4.69) is 14.9 Å². The Bertz CT molecular complexity index is 721. The molecule has 0 saturated carbocycles. The Hall–Kier alpha value is -2.51. The lowest BCUT2D eigenvalue weighted by Gasteiger charge is -2.32. The largest absolute Gasteiger partial charge is 0.482 e. The van der Waals surface area contributed by atoms with Gasteiger partial charge in [-0.2, -0.15) is 0 Å². The molecule has 0 radical (unpaired) electrons. The second kappa shape index (κ2) is 8.04. The van der Waals surface area contributed by atoms with Crippen LogP contribution in [-0.4, -0.2) is 52.2 Å². The van der Waals surface area contributed by atoms with Gasteiger partial charge in [-0.25, -0.2) is 4.79 Å². The number of benzene rings is 1. The first-order valence-corrected chi connectivity index (χ1v) is 8.17. The van der Waals surface area contributed by atoms with Crippen LogP contribution in [0.2, 0.25) is 0 Å². The molecule has 0 unspecified atom stereocenters. The highest BCUT2D eigenvalue weighted by molar-refractivity contribution is 5.68. The topological polar surface area (TPSA) is 84.8 Å². The number of carboxylic acids is 1. The molecule has 1 aromatic carbocycles. The summed E-state index contributed by atoms with van der Waals surface area (Å²) >= 11 is 0. The zero-order valence-electron chi connectivity index (χ0n) is 14.1. The van der Waals surface area contributed by atoms with E-state index in [0.717, 1.165) is 23.5 Å². The smallest absolute Gasteiger partial charge is 0.341 e. The molecule has 1 aliphatic heterocycles. The Labute approximate surface area is 146 Å². The molecule has 132 valence electrons. The molecule has 7 heteroatoms. The summed E-state index contributed by atoms with van der Waals surface area (Å²) in [5.74, 6) is -0.387. The second-order valence-electron chi connectivity index (χ2n) is 5.97. The van der Waals surface area contributed by atoms with Gasteiger partial charge in [-0.1, -0.05) is 18.2 Å². The van der Waals surface area contributed by atoms with Crippen molar-refractivity contribution in [3.63, 3.8) is 0 Å². The minimum Gasteiger partial charge on any atom is -0.482 e. The maximum absolute atomic E-state index is 10.7. The van der Waals surface area contributed by atoms with Gasteiger partial charge in [-0.05, 0) is 13.0 Å². The highest BCUT2D eigenvalue weighted by atomic mass is 16.5. The molecular weight excluding hydrogens is 322 g/mol. The summed E-state index contributed by atoms with van der Waals surface area (Å²) in [5, 5.41) is 8.80. The first-order valence-electron chi connectivity index (χ1n) is 8.17. The van der Waals surface area contributed by atoms with Crippen LogP contribution in [0.4, 0.5) is 0 Å². The molecule has 25 heavy (non-hydrogen) atoms. The van der Waals surface area contributed by atoms with Crippen molar-refractivity contribution in [2.45, 2.75) is 19.6 Å². The van der Waals surface area contributed by atoms with Crippen LogP contribution in [0.1, 0.15) is 23.1 Å². The first kappa shape index (κ1) is 17.3. The highest BCUT2D eigenvalue weighted by Gasteiger charge is 2.24. The van der Waals surface area contributed by atoms with Gasteiger partial charge in [0.1, 0.15) is 11.9 Å². The van der Waals surface area contributed by atoms with E-state index in [9.17, 15) is 4.79 Å². The molecule has 1 aromatic heterocycles. The van der Waals surface area contributed by atoms with Crippen molar-refractivity contribution < 1.29 is 19.4 Å². The van der Waals surface area contributed by atoms with Gasteiger partial charge in [0, 0.05) is 31.4 Å². The first-order chi connectivity index (χ1) is 12.1. The lowest BCUT2D eigenvalue weighted by atomic mass is 10.1. The third kappa shape index (κ3) is 4.74. The summed E-state index contributed by atoms with van der Waals surface area (Å²) in [4.78, 5) is 21.7. The normalized spacial score (nSPS) is 18.0. The zero-order chi connectivity index (χ0) is 17.6. The quantitative estimate of drug-likeness (QED) is 0.856. The summed E-state index contributed by atoms with van der Waals surface area (Å²) in [6.07, 6.45) is 3.38. The highest BCUT2D eigenvalue weighted by Crippen LogP contribution is 2.24. The molecule has 0 spiro atoms. The molecule has 2 heterocycles. The van der Waals surface area contributed by atoms with E-state index >= 15 is 0 Å². The number of nitrogens with zero attached hydrogens (tertiary/aromatic N) is 3. The fourth-order valence-electron chi connectivity index (χ4n) is 2.75. The van der Waals surface area contributed by atoms with Crippen molar-refractivity contribution >= 4 is 5.97 Å². The molecule has 1 N–H and O–H groups in total. The molecule has 3 rings (SSSR count). The third-order valence-corrected chi connectivity index (χ3v) is 4.00. The molecule has 1 fully saturated rings. The average Bonchev–Trinajstić information content (AvgIpc) is 2.62. The van der Waals surface area contributed by atoms with Crippen LogP contribution < -0.4 is 4.74 Å². The van der Waals surface area contributed by atoms with Gasteiger partial charge in [0.25, 0.3) is 0 Å². The van der Waals surface area contributed by atoms with Crippen molar-refractivity contribution in [3.05, 3.63) is 53.6 Å². The van der Waals surface area contributed by atoms with E-state index in [4.69, 9.17) is 14.6 Å². The molecule has 1 saturated heterocycles. The summed E-state index contributed by atoms with van der Waals surface area (Å²) < 4.78 is 11.2. The van der Waals surface area contributed by atoms with Gasteiger partial charge < -0.3 is 14.6 Å². The monoisotopic (exact) mass is 343 g/mol. The standard InChI is InChI=1S/C18H21N3O4/c1-13-8-20-15(9-19-13)17-11-21(6-7-24-17)10-14-4-2-3-5-16(14)25-12-18(22)23/h2-5,8-9,17H,6-7,10-12H2,1H3,(H,22,23)/t17-/m1/s1. The molecule has 1 atom stereocenters. The van der Waals surface area contributed by atoms with Gasteiger partial charge in [0.05, 0.1) is 24.2 Å². The molecule has 0 amide bonds. The van der Waals surface area contributed by atoms with Crippen LogP contribution in [-0.2, 0) is 16.1 Å². The fourth-order valence-corrected chi connectivity index (χ4v) is 2.75. The van der Waals surface area contributed by atoms with Crippen LogP contribution in [0.5, 0.6) is 5.75 Å².